The van der Waals surface area contributed by atoms with Crippen LogP contribution in [0.5, 0.6) is 5.75 Å². The lowest BCUT2D eigenvalue weighted by molar-refractivity contribution is 0.223. The standard InChI is InChI=1S/C18H26FN5O2.HI/c1-12(25-14-8-6-13(19)7-9-14)10-21-17(20-5)22-11-15-23-16(26-24-15)18(2,3)4;/h6-9,12H,10-11H2,1-5H3,(H2,20,21,22);1H. The molecule has 1 aromatic carbocycles. The van der Waals surface area contributed by atoms with Crippen LogP contribution >= 0.6 is 24.0 Å². The maximum Gasteiger partial charge on any atom is 0.232 e. The van der Waals surface area contributed by atoms with Crippen LogP contribution in [0.2, 0.25) is 0 Å². The number of guanidine groups is 1. The molecule has 0 bridgehead atoms. The van der Waals surface area contributed by atoms with Crippen molar-refractivity contribution in [2.24, 2.45) is 4.99 Å². The minimum Gasteiger partial charge on any atom is -0.489 e. The normalized spacial score (nSPS) is 12.9. The number of aliphatic imine (C=N–C) groups is 1. The monoisotopic (exact) mass is 491 g/mol. The molecule has 1 unspecified atom stereocenters. The Hall–Kier alpha value is -1.91. The van der Waals surface area contributed by atoms with E-state index in [2.05, 4.69) is 25.8 Å². The van der Waals surface area contributed by atoms with Crippen molar-refractivity contribution >= 4 is 29.9 Å². The van der Waals surface area contributed by atoms with Gasteiger partial charge in [-0.05, 0) is 31.2 Å². The van der Waals surface area contributed by atoms with Crippen LogP contribution < -0.4 is 15.4 Å². The summed E-state index contributed by atoms with van der Waals surface area (Å²) in [7, 11) is 1.68. The smallest absolute Gasteiger partial charge is 0.232 e. The van der Waals surface area contributed by atoms with Crippen LogP contribution in [0.15, 0.2) is 33.8 Å². The molecule has 27 heavy (non-hydrogen) atoms. The third-order valence-corrected chi connectivity index (χ3v) is 3.46. The van der Waals surface area contributed by atoms with Crippen LogP contribution in [-0.4, -0.2) is 35.8 Å². The van der Waals surface area contributed by atoms with E-state index in [1.807, 2.05) is 27.7 Å². The molecule has 0 fully saturated rings. The Bertz CT molecular complexity index is 728. The van der Waals surface area contributed by atoms with Gasteiger partial charge in [-0.2, -0.15) is 4.98 Å². The van der Waals surface area contributed by atoms with Gasteiger partial charge >= 0.3 is 0 Å². The minimum absolute atomic E-state index is 0. The number of hydrogen-bond donors (Lipinski definition) is 2. The highest BCUT2D eigenvalue weighted by Crippen LogP contribution is 2.19. The lowest BCUT2D eigenvalue weighted by Gasteiger charge is -2.17. The van der Waals surface area contributed by atoms with Crippen LogP contribution in [0.4, 0.5) is 4.39 Å². The van der Waals surface area contributed by atoms with Crippen molar-refractivity contribution in [1.29, 1.82) is 0 Å². The molecule has 0 aliphatic rings. The van der Waals surface area contributed by atoms with E-state index in [0.29, 0.717) is 36.5 Å². The third kappa shape index (κ3) is 7.69. The van der Waals surface area contributed by atoms with Crippen molar-refractivity contribution < 1.29 is 13.7 Å². The highest BCUT2D eigenvalue weighted by molar-refractivity contribution is 14.0. The molecule has 0 spiro atoms. The molecule has 0 aliphatic heterocycles. The Labute approximate surface area is 176 Å². The molecule has 2 rings (SSSR count). The highest BCUT2D eigenvalue weighted by atomic mass is 127. The summed E-state index contributed by atoms with van der Waals surface area (Å²) in [4.78, 5) is 8.52. The van der Waals surface area contributed by atoms with Crippen LogP contribution in [-0.2, 0) is 12.0 Å². The fraction of sp³-hybridized carbons (Fsp3) is 0.500. The van der Waals surface area contributed by atoms with E-state index in [-0.39, 0.29) is 41.3 Å². The Balaban J connectivity index is 0.00000364. The topological polar surface area (TPSA) is 84.6 Å². The lowest BCUT2D eigenvalue weighted by atomic mass is 9.97. The van der Waals surface area contributed by atoms with E-state index in [1.54, 1.807) is 19.2 Å². The van der Waals surface area contributed by atoms with Gasteiger partial charge in [-0.3, -0.25) is 4.99 Å². The van der Waals surface area contributed by atoms with Crippen molar-refractivity contribution in [3.8, 4) is 5.75 Å². The Morgan fingerprint density at radius 2 is 1.93 bits per heavy atom. The molecular weight excluding hydrogens is 464 g/mol. The van der Waals surface area contributed by atoms with E-state index >= 15 is 0 Å². The second-order valence-corrected chi connectivity index (χ2v) is 6.95. The van der Waals surface area contributed by atoms with Crippen LogP contribution in [0.1, 0.15) is 39.4 Å². The predicted octanol–water partition coefficient (Wildman–Crippen LogP) is 3.26. The fourth-order valence-electron chi connectivity index (χ4n) is 2.04. The Kier molecular flexibility index (Phi) is 8.94. The second kappa shape index (κ2) is 10.4. The molecule has 0 radical (unpaired) electrons. The van der Waals surface area contributed by atoms with Crippen molar-refractivity contribution in [1.82, 2.24) is 20.8 Å². The first-order valence-electron chi connectivity index (χ1n) is 8.47. The van der Waals surface area contributed by atoms with Gasteiger partial charge in [-0.25, -0.2) is 4.39 Å². The van der Waals surface area contributed by atoms with Gasteiger partial charge in [0.2, 0.25) is 5.89 Å². The van der Waals surface area contributed by atoms with Crippen LogP contribution in [0, 0.1) is 5.82 Å². The Morgan fingerprint density at radius 3 is 2.48 bits per heavy atom. The Morgan fingerprint density at radius 1 is 1.26 bits per heavy atom. The zero-order valence-electron chi connectivity index (χ0n) is 16.2. The average molecular weight is 491 g/mol. The largest absolute Gasteiger partial charge is 0.489 e. The predicted molar refractivity (Wildman–Crippen MR) is 113 cm³/mol. The van der Waals surface area contributed by atoms with Crippen molar-refractivity contribution in [2.75, 3.05) is 13.6 Å². The number of nitrogens with zero attached hydrogens (tertiary/aromatic N) is 3. The molecule has 0 saturated heterocycles. The number of benzene rings is 1. The molecule has 7 nitrogen and oxygen atoms in total. The molecule has 9 heteroatoms. The van der Waals surface area contributed by atoms with E-state index in [0.717, 1.165) is 0 Å². The summed E-state index contributed by atoms with van der Waals surface area (Å²) in [6.45, 7) is 8.88. The summed E-state index contributed by atoms with van der Waals surface area (Å²) in [5.41, 5.74) is -0.182. The molecule has 0 saturated carbocycles. The summed E-state index contributed by atoms with van der Waals surface area (Å²) >= 11 is 0. The molecule has 0 amide bonds. The lowest BCUT2D eigenvalue weighted by Crippen LogP contribution is -2.41. The van der Waals surface area contributed by atoms with E-state index in [4.69, 9.17) is 9.26 Å². The zero-order valence-corrected chi connectivity index (χ0v) is 18.6. The molecule has 1 aromatic heterocycles. The van der Waals surface area contributed by atoms with Gasteiger partial charge in [-0.1, -0.05) is 25.9 Å². The second-order valence-electron chi connectivity index (χ2n) is 6.95. The summed E-state index contributed by atoms with van der Waals surface area (Å²) in [6.07, 6.45) is -0.128. The molecule has 1 heterocycles. The van der Waals surface area contributed by atoms with Gasteiger partial charge in [0.1, 0.15) is 17.7 Å². The number of nitrogens with one attached hydrogen (secondary N) is 2. The molecule has 150 valence electrons. The summed E-state index contributed by atoms with van der Waals surface area (Å²) < 4.78 is 23.9. The number of ether oxygens (including phenoxy) is 1. The van der Waals surface area contributed by atoms with Crippen molar-refractivity contribution in [3.63, 3.8) is 0 Å². The van der Waals surface area contributed by atoms with Gasteiger partial charge < -0.3 is 19.9 Å². The van der Waals surface area contributed by atoms with Crippen LogP contribution in [0.25, 0.3) is 0 Å². The first kappa shape index (κ1) is 23.1. The summed E-state index contributed by atoms with van der Waals surface area (Å²) in [5, 5.41) is 10.2. The number of aromatic nitrogens is 2. The van der Waals surface area contributed by atoms with Gasteiger partial charge in [0, 0.05) is 12.5 Å². The average Bonchev–Trinajstić information content (AvgIpc) is 3.06. The fourth-order valence-corrected chi connectivity index (χ4v) is 2.04. The number of rotatable bonds is 6. The summed E-state index contributed by atoms with van der Waals surface area (Å²) in [6, 6.07) is 5.93. The molecular formula is C18H27FIN5O2. The SMILES string of the molecule is CN=C(NCc1noc(C(C)(C)C)n1)NCC(C)Oc1ccc(F)cc1.I. The third-order valence-electron chi connectivity index (χ3n) is 3.46. The first-order chi connectivity index (χ1) is 12.3. The van der Waals surface area contributed by atoms with E-state index in [1.165, 1.54) is 12.1 Å². The van der Waals surface area contributed by atoms with Crippen LogP contribution in [0.3, 0.4) is 0 Å². The zero-order chi connectivity index (χ0) is 19.2. The van der Waals surface area contributed by atoms with E-state index in [9.17, 15) is 4.39 Å². The van der Waals surface area contributed by atoms with E-state index < -0.39 is 0 Å². The quantitative estimate of drug-likeness (QED) is 0.367. The summed E-state index contributed by atoms with van der Waals surface area (Å²) in [5.74, 6) is 2.09. The molecule has 2 N–H and O–H groups in total. The van der Waals surface area contributed by atoms with Gasteiger partial charge in [0.05, 0.1) is 13.1 Å². The van der Waals surface area contributed by atoms with Gasteiger partial charge in [0.25, 0.3) is 0 Å². The van der Waals surface area contributed by atoms with Gasteiger partial charge in [-0.15, -0.1) is 24.0 Å². The number of halogens is 2. The van der Waals surface area contributed by atoms with Crippen molar-refractivity contribution in [2.45, 2.75) is 45.8 Å². The first-order valence-corrected chi connectivity index (χ1v) is 8.47. The molecule has 2 aromatic rings. The molecule has 0 aliphatic carbocycles. The molecule has 1 atom stereocenters. The van der Waals surface area contributed by atoms with Crippen molar-refractivity contribution in [3.05, 3.63) is 41.8 Å². The maximum atomic E-state index is 12.9. The number of hydrogen-bond acceptors (Lipinski definition) is 5. The maximum absolute atomic E-state index is 12.9. The van der Waals surface area contributed by atoms with Gasteiger partial charge in [0.15, 0.2) is 11.8 Å². The minimum atomic E-state index is -0.288. The highest BCUT2D eigenvalue weighted by Gasteiger charge is 2.21.